The minimum atomic E-state index is -0.580. The predicted octanol–water partition coefficient (Wildman–Crippen LogP) is 12.9. The average Bonchev–Trinajstić information content (AvgIpc) is 3.20. The molecule has 6 heteroatoms. The van der Waals surface area contributed by atoms with Crippen LogP contribution in [-0.2, 0) is 21.7 Å². The van der Waals surface area contributed by atoms with Crippen molar-refractivity contribution in [1.82, 2.24) is 0 Å². The highest BCUT2D eigenvalue weighted by atomic mass is 16.3. The van der Waals surface area contributed by atoms with Crippen molar-refractivity contribution in [3.63, 3.8) is 0 Å². The summed E-state index contributed by atoms with van der Waals surface area (Å²) in [5.41, 5.74) is 6.84. The summed E-state index contributed by atoms with van der Waals surface area (Å²) in [4.78, 5) is 0. The van der Waals surface area contributed by atoms with Gasteiger partial charge in [-0.15, -0.1) is 0 Å². The number of benzene rings is 6. The molecule has 0 spiro atoms. The first-order valence-electron chi connectivity index (χ1n) is 20.7. The monoisotopic (exact) mass is 804 g/mol. The largest absolute Gasteiger partial charge is 0.508 e. The lowest BCUT2D eigenvalue weighted by Crippen LogP contribution is -2.33. The van der Waals surface area contributed by atoms with Gasteiger partial charge in [-0.1, -0.05) is 127 Å². The molecule has 60 heavy (non-hydrogen) atoms. The van der Waals surface area contributed by atoms with Gasteiger partial charge < -0.3 is 30.6 Å². The Kier molecular flexibility index (Phi) is 12.5. The summed E-state index contributed by atoms with van der Waals surface area (Å²) in [5, 5.41) is 62.4. The van der Waals surface area contributed by atoms with Crippen molar-refractivity contribution >= 4 is 5.57 Å². The van der Waals surface area contributed by atoms with Crippen LogP contribution in [0.2, 0.25) is 0 Å². The van der Waals surface area contributed by atoms with E-state index in [4.69, 9.17) is 0 Å². The first kappa shape index (κ1) is 43.4. The average molecular weight is 805 g/mol. The summed E-state index contributed by atoms with van der Waals surface area (Å²) in [6.07, 6.45) is 2.68. The van der Waals surface area contributed by atoms with Crippen molar-refractivity contribution in [3.8, 4) is 34.5 Å². The number of phenolic OH excluding ortho intramolecular Hbond substituents is 6. The molecule has 2 atom stereocenters. The highest BCUT2D eigenvalue weighted by molar-refractivity contribution is 5.73. The van der Waals surface area contributed by atoms with Gasteiger partial charge in [0.2, 0.25) is 0 Å². The molecule has 6 N–H and O–H groups in total. The number of aromatic hydroxyl groups is 6. The number of hydrogen-bond donors (Lipinski definition) is 6. The maximum absolute atomic E-state index is 10.6. The Hall–Kier alpha value is -6.14. The Morgan fingerprint density at radius 3 is 1.17 bits per heavy atom. The number of phenols is 6. The molecule has 0 aliphatic carbocycles. The van der Waals surface area contributed by atoms with Crippen LogP contribution in [0.5, 0.6) is 34.5 Å². The Morgan fingerprint density at radius 2 is 0.733 bits per heavy atom. The zero-order valence-corrected chi connectivity index (χ0v) is 35.9. The summed E-state index contributed by atoms with van der Waals surface area (Å²) in [7, 11) is 0. The second kappa shape index (κ2) is 17.2. The fraction of sp³-hybridized carbons (Fsp3) is 0.296. The molecule has 0 aromatic heterocycles. The van der Waals surface area contributed by atoms with Crippen molar-refractivity contribution in [2.75, 3.05) is 0 Å². The van der Waals surface area contributed by atoms with Crippen LogP contribution in [-0.4, -0.2) is 30.6 Å². The van der Waals surface area contributed by atoms with Crippen molar-refractivity contribution in [3.05, 3.63) is 185 Å². The molecule has 0 saturated heterocycles. The van der Waals surface area contributed by atoms with Gasteiger partial charge in [0.1, 0.15) is 34.5 Å². The molecule has 6 rings (SSSR count). The number of rotatable bonds is 15. The van der Waals surface area contributed by atoms with Crippen molar-refractivity contribution in [2.45, 2.75) is 102 Å². The Bertz CT molecular complexity index is 2370. The van der Waals surface area contributed by atoms with E-state index in [2.05, 4.69) is 48.5 Å². The van der Waals surface area contributed by atoms with Gasteiger partial charge in [0, 0.05) is 5.41 Å². The van der Waals surface area contributed by atoms with E-state index in [9.17, 15) is 30.6 Å². The lowest BCUT2D eigenvalue weighted by atomic mass is 9.61. The van der Waals surface area contributed by atoms with Crippen LogP contribution in [0.3, 0.4) is 0 Å². The Morgan fingerprint density at radius 1 is 0.383 bits per heavy atom. The van der Waals surface area contributed by atoms with Gasteiger partial charge in [-0.25, -0.2) is 0 Å². The number of allylic oxidation sites excluding steroid dienone is 2. The second-order valence-corrected chi connectivity index (χ2v) is 18.7. The summed E-state index contributed by atoms with van der Waals surface area (Å²) >= 11 is 0. The molecule has 312 valence electrons. The quantitative estimate of drug-likeness (QED) is 0.0615. The van der Waals surface area contributed by atoms with Crippen LogP contribution in [0.15, 0.2) is 151 Å². The third-order valence-electron chi connectivity index (χ3n) is 12.8. The van der Waals surface area contributed by atoms with Gasteiger partial charge in [-0.05, 0) is 160 Å². The third-order valence-corrected chi connectivity index (χ3v) is 12.8. The second-order valence-electron chi connectivity index (χ2n) is 18.7. The number of hydrogen-bond acceptors (Lipinski definition) is 6. The minimum Gasteiger partial charge on any atom is -0.508 e. The maximum Gasteiger partial charge on any atom is 0.115 e. The van der Waals surface area contributed by atoms with E-state index < -0.39 is 16.2 Å². The highest BCUT2D eigenvalue weighted by Crippen LogP contribution is 2.51. The Labute approximate surface area is 355 Å². The SMILES string of the molecule is CC(C)(CC(=C(CC(C)(CC(CC(C)(C)c1ccc(O)cc1)c1ccc(O)cc1)c1ccc(O)cc1)C(C)(C)c1ccc(O)cc1)c1ccc(O)cc1)c1ccc(O)cc1. The lowest BCUT2D eigenvalue weighted by molar-refractivity contribution is 0.322. The fourth-order valence-corrected chi connectivity index (χ4v) is 9.05. The molecule has 6 nitrogen and oxygen atoms in total. The Balaban J connectivity index is 1.61. The topological polar surface area (TPSA) is 121 Å². The summed E-state index contributed by atoms with van der Waals surface area (Å²) in [6.45, 7) is 15.7. The van der Waals surface area contributed by atoms with E-state index in [-0.39, 0.29) is 45.8 Å². The fourth-order valence-electron chi connectivity index (χ4n) is 9.05. The van der Waals surface area contributed by atoms with E-state index in [0.29, 0.717) is 19.3 Å². The molecule has 0 fully saturated rings. The predicted molar refractivity (Wildman–Crippen MR) is 243 cm³/mol. The molecule has 0 heterocycles. The van der Waals surface area contributed by atoms with Crippen molar-refractivity contribution in [2.24, 2.45) is 0 Å². The van der Waals surface area contributed by atoms with E-state index in [1.807, 2.05) is 72.8 Å². The minimum absolute atomic E-state index is 0.00296. The molecule has 0 amide bonds. The van der Waals surface area contributed by atoms with Crippen LogP contribution in [0.25, 0.3) is 5.57 Å². The first-order chi connectivity index (χ1) is 28.3. The van der Waals surface area contributed by atoms with Crippen molar-refractivity contribution < 1.29 is 30.6 Å². The molecule has 2 unspecified atom stereocenters. The zero-order valence-electron chi connectivity index (χ0n) is 35.9. The molecular weight excluding hydrogens is 745 g/mol. The van der Waals surface area contributed by atoms with Gasteiger partial charge in [0.25, 0.3) is 0 Å². The van der Waals surface area contributed by atoms with E-state index in [0.717, 1.165) is 45.4 Å². The maximum atomic E-state index is 10.6. The van der Waals surface area contributed by atoms with Crippen LogP contribution in [0.1, 0.15) is 113 Å². The lowest BCUT2D eigenvalue weighted by Gasteiger charge is -2.43. The highest BCUT2D eigenvalue weighted by Gasteiger charge is 2.40. The molecule has 6 aromatic rings. The van der Waals surface area contributed by atoms with E-state index >= 15 is 0 Å². The van der Waals surface area contributed by atoms with Crippen LogP contribution in [0, 0.1) is 0 Å². The normalized spacial score (nSPS) is 14.2. The smallest absolute Gasteiger partial charge is 0.115 e. The molecule has 0 aliphatic heterocycles. The molecule has 0 bridgehead atoms. The third kappa shape index (κ3) is 9.99. The van der Waals surface area contributed by atoms with Gasteiger partial charge in [0.05, 0.1) is 0 Å². The molecule has 6 aromatic carbocycles. The molecule has 0 radical (unpaired) electrons. The van der Waals surface area contributed by atoms with Crippen LogP contribution < -0.4 is 0 Å². The van der Waals surface area contributed by atoms with E-state index in [1.54, 1.807) is 72.8 Å². The van der Waals surface area contributed by atoms with Crippen molar-refractivity contribution in [1.29, 1.82) is 0 Å². The molecular formula is C54H60O6. The summed E-state index contributed by atoms with van der Waals surface area (Å²) < 4.78 is 0. The van der Waals surface area contributed by atoms with Crippen LogP contribution >= 0.6 is 0 Å². The zero-order chi connectivity index (χ0) is 43.5. The molecule has 0 aliphatic rings. The first-order valence-corrected chi connectivity index (χ1v) is 20.7. The van der Waals surface area contributed by atoms with Gasteiger partial charge in [0.15, 0.2) is 0 Å². The summed E-state index contributed by atoms with van der Waals surface area (Å²) in [5.74, 6) is 1.18. The van der Waals surface area contributed by atoms with Gasteiger partial charge in [-0.3, -0.25) is 0 Å². The van der Waals surface area contributed by atoms with E-state index in [1.165, 1.54) is 5.57 Å². The van der Waals surface area contributed by atoms with Crippen LogP contribution in [0.4, 0.5) is 0 Å². The van der Waals surface area contributed by atoms with Gasteiger partial charge >= 0.3 is 0 Å². The standard InChI is InChI=1S/C54H60O6/c1-51(2,39-12-24-45(57)25-13-39)32-38(36-8-20-43(55)21-9-36)33-54(7,42-18-30-48(60)31-19-42)35-50(53(5,6)41-16-28-47(59)29-17-41)49(37-10-22-44(56)23-11-37)34-52(3,4)40-14-26-46(58)27-15-40/h8-31,38,55-60H,32-35H2,1-7H3. The molecule has 0 saturated carbocycles. The summed E-state index contributed by atoms with van der Waals surface area (Å²) in [6, 6.07) is 44.9. The van der Waals surface area contributed by atoms with Gasteiger partial charge in [-0.2, -0.15) is 0 Å².